The average Bonchev–Trinajstić information content (AvgIpc) is 2.59. The van der Waals surface area contributed by atoms with Crippen LogP contribution in [-0.4, -0.2) is 24.3 Å². The zero-order valence-corrected chi connectivity index (χ0v) is 9.31. The summed E-state index contributed by atoms with van der Waals surface area (Å²) in [5, 5.41) is 0.973. The number of rotatable bonds is 1. The Labute approximate surface area is 87.4 Å². The van der Waals surface area contributed by atoms with Crippen molar-refractivity contribution in [1.82, 2.24) is 0 Å². The standard InChI is InChI=1S/C10H15BrO2/c1-8-2-3-10(6-9(8)7-11)12-4-5-13-10/h9H,1-7H2/t9-/m0/s1. The van der Waals surface area contributed by atoms with Crippen molar-refractivity contribution < 1.29 is 9.47 Å². The summed E-state index contributed by atoms with van der Waals surface area (Å²) >= 11 is 3.51. The molecule has 74 valence electrons. The second kappa shape index (κ2) is 3.71. The number of hydrogen-bond acceptors (Lipinski definition) is 2. The Kier molecular flexibility index (Phi) is 2.77. The number of ether oxygens (including phenoxy) is 2. The molecule has 1 saturated carbocycles. The summed E-state index contributed by atoms with van der Waals surface area (Å²) < 4.78 is 11.4. The topological polar surface area (TPSA) is 18.5 Å². The number of allylic oxidation sites excluding steroid dienone is 1. The van der Waals surface area contributed by atoms with Gasteiger partial charge in [0.15, 0.2) is 5.79 Å². The van der Waals surface area contributed by atoms with E-state index in [2.05, 4.69) is 22.5 Å². The molecule has 3 heteroatoms. The lowest BCUT2D eigenvalue weighted by molar-refractivity contribution is -0.178. The fourth-order valence-electron chi connectivity index (χ4n) is 2.10. The number of alkyl halides is 1. The molecule has 0 aromatic rings. The summed E-state index contributed by atoms with van der Waals surface area (Å²) in [6.45, 7) is 5.58. The first-order valence-electron chi connectivity index (χ1n) is 4.77. The van der Waals surface area contributed by atoms with Crippen LogP contribution >= 0.6 is 15.9 Å². The molecule has 1 saturated heterocycles. The van der Waals surface area contributed by atoms with Gasteiger partial charge in [-0.05, 0) is 12.3 Å². The van der Waals surface area contributed by atoms with Crippen LogP contribution in [0.2, 0.25) is 0 Å². The van der Waals surface area contributed by atoms with Crippen molar-refractivity contribution in [3.8, 4) is 0 Å². The van der Waals surface area contributed by atoms with Crippen molar-refractivity contribution in [1.29, 1.82) is 0 Å². The van der Waals surface area contributed by atoms with Crippen LogP contribution in [0, 0.1) is 5.92 Å². The quantitative estimate of drug-likeness (QED) is 0.523. The van der Waals surface area contributed by atoms with Crippen molar-refractivity contribution in [2.45, 2.75) is 25.0 Å². The smallest absolute Gasteiger partial charge is 0.169 e. The van der Waals surface area contributed by atoms with E-state index in [1.807, 2.05) is 0 Å². The molecule has 1 spiro atoms. The number of hydrogen-bond donors (Lipinski definition) is 0. The van der Waals surface area contributed by atoms with Crippen LogP contribution in [0.25, 0.3) is 0 Å². The first kappa shape index (κ1) is 9.69. The summed E-state index contributed by atoms with van der Waals surface area (Å²) in [4.78, 5) is 0. The van der Waals surface area contributed by atoms with Gasteiger partial charge in [0.2, 0.25) is 0 Å². The summed E-state index contributed by atoms with van der Waals surface area (Å²) in [6, 6.07) is 0. The average molecular weight is 247 g/mol. The maximum Gasteiger partial charge on any atom is 0.169 e. The Balaban J connectivity index is 2.05. The highest BCUT2D eigenvalue weighted by Gasteiger charge is 2.42. The van der Waals surface area contributed by atoms with Gasteiger partial charge in [-0.2, -0.15) is 0 Å². The summed E-state index contributed by atoms with van der Waals surface area (Å²) in [6.07, 6.45) is 2.99. The Bertz CT molecular complexity index is 209. The lowest BCUT2D eigenvalue weighted by atomic mass is 9.82. The molecular formula is C10H15BrO2. The first-order valence-corrected chi connectivity index (χ1v) is 5.89. The van der Waals surface area contributed by atoms with Gasteiger partial charge < -0.3 is 9.47 Å². The molecule has 2 rings (SSSR count). The van der Waals surface area contributed by atoms with Gasteiger partial charge in [0.25, 0.3) is 0 Å². The van der Waals surface area contributed by atoms with Gasteiger partial charge in [-0.1, -0.05) is 28.1 Å². The summed E-state index contributed by atoms with van der Waals surface area (Å²) in [5.74, 6) is 0.256. The Morgan fingerprint density at radius 3 is 2.77 bits per heavy atom. The van der Waals surface area contributed by atoms with E-state index in [0.29, 0.717) is 5.92 Å². The largest absolute Gasteiger partial charge is 0.348 e. The maximum atomic E-state index is 5.68. The van der Waals surface area contributed by atoms with Gasteiger partial charge in [-0.3, -0.25) is 0 Å². The van der Waals surface area contributed by atoms with Gasteiger partial charge in [0.1, 0.15) is 0 Å². The van der Waals surface area contributed by atoms with Gasteiger partial charge in [0.05, 0.1) is 13.2 Å². The van der Waals surface area contributed by atoms with E-state index in [0.717, 1.165) is 37.8 Å². The van der Waals surface area contributed by atoms with Crippen molar-refractivity contribution in [3.05, 3.63) is 12.2 Å². The van der Waals surface area contributed by atoms with Crippen molar-refractivity contribution >= 4 is 15.9 Å². The monoisotopic (exact) mass is 246 g/mol. The molecule has 1 heterocycles. The minimum Gasteiger partial charge on any atom is -0.348 e. The predicted molar refractivity (Wildman–Crippen MR) is 54.9 cm³/mol. The first-order chi connectivity index (χ1) is 6.26. The molecule has 0 bridgehead atoms. The third-order valence-electron chi connectivity index (χ3n) is 2.96. The van der Waals surface area contributed by atoms with Crippen LogP contribution in [0.15, 0.2) is 12.2 Å². The van der Waals surface area contributed by atoms with E-state index in [1.165, 1.54) is 5.57 Å². The van der Waals surface area contributed by atoms with Crippen LogP contribution in [0.5, 0.6) is 0 Å². The zero-order chi connectivity index (χ0) is 9.31. The molecule has 0 radical (unpaired) electrons. The minimum absolute atomic E-state index is 0.264. The van der Waals surface area contributed by atoms with E-state index in [9.17, 15) is 0 Å². The third-order valence-corrected chi connectivity index (χ3v) is 3.74. The molecule has 0 aromatic carbocycles. The molecule has 2 aliphatic rings. The normalized spacial score (nSPS) is 32.7. The molecule has 2 nitrogen and oxygen atoms in total. The lowest BCUT2D eigenvalue weighted by Crippen LogP contribution is -2.37. The van der Waals surface area contributed by atoms with Crippen LogP contribution in [0.1, 0.15) is 19.3 Å². The van der Waals surface area contributed by atoms with Crippen LogP contribution in [0.3, 0.4) is 0 Å². The fourth-order valence-corrected chi connectivity index (χ4v) is 2.79. The van der Waals surface area contributed by atoms with Gasteiger partial charge in [-0.25, -0.2) is 0 Å². The van der Waals surface area contributed by atoms with Crippen LogP contribution in [-0.2, 0) is 9.47 Å². The molecule has 0 unspecified atom stereocenters. The third kappa shape index (κ3) is 1.83. The Hall–Kier alpha value is 0.140. The van der Waals surface area contributed by atoms with E-state index >= 15 is 0 Å². The van der Waals surface area contributed by atoms with Gasteiger partial charge in [-0.15, -0.1) is 0 Å². The highest BCUT2D eigenvalue weighted by atomic mass is 79.9. The molecule has 2 fully saturated rings. The summed E-state index contributed by atoms with van der Waals surface area (Å²) in [5.41, 5.74) is 1.33. The molecule has 1 aliphatic carbocycles. The molecule has 1 aliphatic heterocycles. The van der Waals surface area contributed by atoms with Crippen LogP contribution < -0.4 is 0 Å². The van der Waals surface area contributed by atoms with Crippen molar-refractivity contribution in [3.63, 3.8) is 0 Å². The Morgan fingerprint density at radius 1 is 1.46 bits per heavy atom. The predicted octanol–water partition coefficient (Wildman–Crippen LogP) is 2.48. The molecular weight excluding hydrogens is 232 g/mol. The molecule has 1 atom stereocenters. The molecule has 0 N–H and O–H groups in total. The second-order valence-corrected chi connectivity index (χ2v) is 4.47. The van der Waals surface area contributed by atoms with Gasteiger partial charge in [0, 0.05) is 18.2 Å². The van der Waals surface area contributed by atoms with E-state index in [-0.39, 0.29) is 5.79 Å². The minimum atomic E-state index is -0.264. The van der Waals surface area contributed by atoms with E-state index in [4.69, 9.17) is 9.47 Å². The van der Waals surface area contributed by atoms with E-state index < -0.39 is 0 Å². The molecule has 0 amide bonds. The lowest BCUT2D eigenvalue weighted by Gasteiger charge is -2.36. The Morgan fingerprint density at radius 2 is 2.15 bits per heavy atom. The van der Waals surface area contributed by atoms with Gasteiger partial charge >= 0.3 is 0 Å². The zero-order valence-electron chi connectivity index (χ0n) is 7.72. The van der Waals surface area contributed by atoms with Crippen molar-refractivity contribution in [2.75, 3.05) is 18.5 Å². The van der Waals surface area contributed by atoms with E-state index in [1.54, 1.807) is 0 Å². The molecule has 0 aromatic heterocycles. The summed E-state index contributed by atoms with van der Waals surface area (Å²) in [7, 11) is 0. The van der Waals surface area contributed by atoms with Crippen molar-refractivity contribution in [2.24, 2.45) is 5.92 Å². The fraction of sp³-hybridized carbons (Fsp3) is 0.800. The highest BCUT2D eigenvalue weighted by molar-refractivity contribution is 9.09. The maximum absolute atomic E-state index is 5.68. The second-order valence-electron chi connectivity index (χ2n) is 3.82. The van der Waals surface area contributed by atoms with Crippen LogP contribution in [0.4, 0.5) is 0 Å². The molecule has 13 heavy (non-hydrogen) atoms. The SMILES string of the molecule is C=C1CCC2(C[C@H]1CBr)OCCO2. The highest BCUT2D eigenvalue weighted by Crippen LogP contribution is 2.41. The number of halogens is 1.